The molecular formula is C22H27N3O5. The van der Waals surface area contributed by atoms with E-state index in [1.54, 1.807) is 0 Å². The Kier molecular flexibility index (Phi) is 8.93. The highest BCUT2D eigenvalue weighted by Crippen LogP contribution is 2.25. The molecule has 0 aliphatic carbocycles. The smallest absolute Gasteiger partial charge is 0.277 e. The Morgan fingerprint density at radius 1 is 0.900 bits per heavy atom. The minimum atomic E-state index is -0.741. The highest BCUT2D eigenvalue weighted by atomic mass is 16.6. The molecule has 1 atom stereocenters. The quantitative estimate of drug-likeness (QED) is 0.271. The summed E-state index contributed by atoms with van der Waals surface area (Å²) < 4.78 is 0. The Morgan fingerprint density at radius 2 is 1.47 bits per heavy atom. The first-order chi connectivity index (χ1) is 14.4. The second kappa shape index (κ2) is 11.6. The Morgan fingerprint density at radius 3 is 2.03 bits per heavy atom. The number of benzene rings is 2. The molecule has 0 saturated carbocycles. The number of rotatable bonds is 12. The van der Waals surface area contributed by atoms with E-state index in [-0.39, 0.29) is 11.6 Å². The molecular weight excluding hydrogens is 386 g/mol. The van der Waals surface area contributed by atoms with Crippen molar-refractivity contribution < 1.29 is 14.6 Å². The maximum Gasteiger partial charge on any atom is 0.277 e. The van der Waals surface area contributed by atoms with Crippen LogP contribution in [0.3, 0.4) is 0 Å². The molecule has 0 spiro atoms. The van der Waals surface area contributed by atoms with Gasteiger partial charge in [0.15, 0.2) is 0 Å². The summed E-state index contributed by atoms with van der Waals surface area (Å²) in [6, 6.07) is 12.2. The lowest BCUT2D eigenvalue weighted by Gasteiger charge is -2.19. The van der Waals surface area contributed by atoms with Gasteiger partial charge in [0.25, 0.3) is 17.3 Å². The van der Waals surface area contributed by atoms with Gasteiger partial charge >= 0.3 is 0 Å². The predicted octanol–water partition coefficient (Wildman–Crippen LogP) is 5.72. The number of nitrogens with zero attached hydrogens (tertiary/aromatic N) is 2. The van der Waals surface area contributed by atoms with Crippen LogP contribution in [-0.4, -0.2) is 15.8 Å². The Bertz CT molecular complexity index is 838. The number of nitro groups is 2. The molecule has 0 radical (unpaired) electrons. The number of hydrogen-bond acceptors (Lipinski definition) is 5. The molecule has 30 heavy (non-hydrogen) atoms. The summed E-state index contributed by atoms with van der Waals surface area (Å²) in [7, 11) is 0. The fourth-order valence-electron chi connectivity index (χ4n) is 3.31. The van der Waals surface area contributed by atoms with Gasteiger partial charge in [0.1, 0.15) is 0 Å². The molecule has 0 bridgehead atoms. The third-order valence-electron chi connectivity index (χ3n) is 4.94. The number of amides is 1. The number of hydrogen-bond donors (Lipinski definition) is 1. The van der Waals surface area contributed by atoms with Gasteiger partial charge in [0.05, 0.1) is 27.5 Å². The summed E-state index contributed by atoms with van der Waals surface area (Å²) in [6.07, 6.45) is 7.43. The summed E-state index contributed by atoms with van der Waals surface area (Å²) in [5, 5.41) is 25.1. The Balaban J connectivity index is 2.15. The molecule has 8 nitrogen and oxygen atoms in total. The van der Waals surface area contributed by atoms with Crippen molar-refractivity contribution in [1.29, 1.82) is 0 Å². The van der Waals surface area contributed by atoms with E-state index in [4.69, 9.17) is 0 Å². The van der Waals surface area contributed by atoms with Crippen molar-refractivity contribution in [2.45, 2.75) is 57.9 Å². The van der Waals surface area contributed by atoms with Crippen LogP contribution in [0, 0.1) is 20.2 Å². The van der Waals surface area contributed by atoms with Crippen molar-refractivity contribution in [3.8, 4) is 0 Å². The average Bonchev–Trinajstić information content (AvgIpc) is 2.75. The number of non-ortho nitro benzene ring substituents is 2. The van der Waals surface area contributed by atoms with Crippen LogP contribution in [0.4, 0.5) is 11.4 Å². The number of unbranched alkanes of at least 4 members (excludes halogenated alkanes) is 5. The van der Waals surface area contributed by atoms with Crippen molar-refractivity contribution in [2.24, 2.45) is 0 Å². The number of nitrogens with one attached hydrogen (secondary N) is 1. The summed E-state index contributed by atoms with van der Waals surface area (Å²) in [4.78, 5) is 33.5. The topological polar surface area (TPSA) is 115 Å². The number of carbonyl (C=O) groups is 1. The first-order valence-electron chi connectivity index (χ1n) is 10.2. The van der Waals surface area contributed by atoms with Gasteiger partial charge in [0, 0.05) is 12.1 Å². The second-order valence-electron chi connectivity index (χ2n) is 7.25. The Hall–Kier alpha value is -3.29. The summed E-state index contributed by atoms with van der Waals surface area (Å²) in [5.41, 5.74) is -0.137. The SMILES string of the molecule is CCCCCCCCC(NC(=O)c1cc([N+](=O)[O-])cc([N+](=O)[O-])c1)c1ccccc1. The van der Waals surface area contributed by atoms with E-state index in [0.717, 1.165) is 49.4 Å². The fraction of sp³-hybridized carbons (Fsp3) is 0.409. The molecule has 0 fully saturated rings. The molecule has 160 valence electrons. The molecule has 8 heteroatoms. The van der Waals surface area contributed by atoms with Gasteiger partial charge in [-0.2, -0.15) is 0 Å². The molecule has 1 amide bonds. The van der Waals surface area contributed by atoms with E-state index in [9.17, 15) is 25.0 Å². The monoisotopic (exact) mass is 413 g/mol. The first kappa shape index (κ1) is 23.0. The zero-order valence-electron chi connectivity index (χ0n) is 17.1. The van der Waals surface area contributed by atoms with E-state index in [1.165, 1.54) is 19.3 Å². The van der Waals surface area contributed by atoms with Crippen LogP contribution < -0.4 is 5.32 Å². The molecule has 2 aromatic carbocycles. The van der Waals surface area contributed by atoms with Gasteiger partial charge in [0.2, 0.25) is 0 Å². The minimum Gasteiger partial charge on any atom is -0.345 e. The van der Waals surface area contributed by atoms with Gasteiger partial charge in [-0.1, -0.05) is 75.8 Å². The third kappa shape index (κ3) is 6.95. The van der Waals surface area contributed by atoms with Crippen molar-refractivity contribution in [1.82, 2.24) is 5.32 Å². The maximum atomic E-state index is 12.8. The summed E-state index contributed by atoms with van der Waals surface area (Å²) >= 11 is 0. The Labute approximate surface area is 175 Å². The third-order valence-corrected chi connectivity index (χ3v) is 4.94. The maximum absolute atomic E-state index is 12.8. The normalized spacial score (nSPS) is 11.6. The average molecular weight is 413 g/mol. The standard InChI is InChI=1S/C22H27N3O5/c1-2-3-4-5-6-10-13-21(17-11-8-7-9-12-17)23-22(26)18-14-19(24(27)28)16-20(15-18)25(29)30/h7-9,11-12,14-16,21H,2-6,10,13H2,1H3,(H,23,26). The van der Waals surface area contributed by atoms with Crippen molar-refractivity contribution in [3.05, 3.63) is 79.9 Å². The lowest BCUT2D eigenvalue weighted by atomic mass is 9.99. The number of nitro benzene ring substituents is 2. The zero-order chi connectivity index (χ0) is 21.9. The van der Waals surface area contributed by atoms with Crippen LogP contribution in [0.2, 0.25) is 0 Å². The molecule has 1 N–H and O–H groups in total. The summed E-state index contributed by atoms with van der Waals surface area (Å²) in [6.45, 7) is 2.17. The minimum absolute atomic E-state index is 0.0974. The fourth-order valence-corrected chi connectivity index (χ4v) is 3.31. The molecule has 2 aromatic rings. The van der Waals surface area contributed by atoms with E-state index >= 15 is 0 Å². The van der Waals surface area contributed by atoms with Crippen molar-refractivity contribution in [3.63, 3.8) is 0 Å². The molecule has 0 heterocycles. The van der Waals surface area contributed by atoms with Gasteiger partial charge in [-0.05, 0) is 12.0 Å². The van der Waals surface area contributed by atoms with Crippen LogP contribution in [0.5, 0.6) is 0 Å². The first-order valence-corrected chi connectivity index (χ1v) is 10.2. The predicted molar refractivity (Wildman–Crippen MR) is 114 cm³/mol. The van der Waals surface area contributed by atoms with Gasteiger partial charge in [-0.3, -0.25) is 25.0 Å². The van der Waals surface area contributed by atoms with E-state index in [2.05, 4.69) is 12.2 Å². The molecule has 0 saturated heterocycles. The van der Waals surface area contributed by atoms with Crippen molar-refractivity contribution in [2.75, 3.05) is 0 Å². The van der Waals surface area contributed by atoms with Crippen LogP contribution in [0.15, 0.2) is 48.5 Å². The van der Waals surface area contributed by atoms with Crippen LogP contribution in [0.1, 0.15) is 73.8 Å². The van der Waals surface area contributed by atoms with E-state index in [1.807, 2.05) is 30.3 Å². The lowest BCUT2D eigenvalue weighted by Crippen LogP contribution is -2.28. The number of carbonyl (C=O) groups excluding carboxylic acids is 1. The highest BCUT2D eigenvalue weighted by Gasteiger charge is 2.22. The largest absolute Gasteiger partial charge is 0.345 e. The van der Waals surface area contributed by atoms with Gasteiger partial charge in [-0.25, -0.2) is 0 Å². The van der Waals surface area contributed by atoms with Crippen LogP contribution in [-0.2, 0) is 0 Å². The molecule has 1 unspecified atom stereocenters. The summed E-state index contributed by atoms with van der Waals surface area (Å²) in [5.74, 6) is -0.568. The molecule has 2 rings (SSSR count). The van der Waals surface area contributed by atoms with Crippen molar-refractivity contribution >= 4 is 17.3 Å². The van der Waals surface area contributed by atoms with Gasteiger partial charge < -0.3 is 5.32 Å². The van der Waals surface area contributed by atoms with E-state index < -0.39 is 27.1 Å². The van der Waals surface area contributed by atoms with E-state index in [0.29, 0.717) is 0 Å². The van der Waals surface area contributed by atoms with Crippen LogP contribution >= 0.6 is 0 Å². The van der Waals surface area contributed by atoms with Gasteiger partial charge in [-0.15, -0.1) is 0 Å². The second-order valence-corrected chi connectivity index (χ2v) is 7.25. The molecule has 0 aromatic heterocycles. The molecule has 0 aliphatic heterocycles. The molecule has 0 aliphatic rings. The highest BCUT2D eigenvalue weighted by molar-refractivity contribution is 5.95. The lowest BCUT2D eigenvalue weighted by molar-refractivity contribution is -0.394. The van der Waals surface area contributed by atoms with Crippen LogP contribution in [0.25, 0.3) is 0 Å². The zero-order valence-corrected chi connectivity index (χ0v) is 17.1.